The summed E-state index contributed by atoms with van der Waals surface area (Å²) < 4.78 is 11.3. The Morgan fingerprint density at radius 1 is 0.966 bits per heavy atom. The summed E-state index contributed by atoms with van der Waals surface area (Å²) in [4.78, 5) is 24.1. The van der Waals surface area contributed by atoms with E-state index in [0.29, 0.717) is 24.4 Å². The van der Waals surface area contributed by atoms with Crippen LogP contribution in [0.4, 0.5) is 4.79 Å². The number of alkyl carbamates (subject to hydrolysis) is 1. The summed E-state index contributed by atoms with van der Waals surface area (Å²) in [7, 11) is 0. The van der Waals surface area contributed by atoms with Gasteiger partial charge in [-0.15, -0.1) is 0 Å². The number of carboxylic acid groups (broad SMARTS) is 1. The second kappa shape index (κ2) is 9.23. The van der Waals surface area contributed by atoms with E-state index in [-0.39, 0.29) is 0 Å². The van der Waals surface area contributed by atoms with E-state index >= 15 is 0 Å². The molecular formula is C23H39NO5. The van der Waals surface area contributed by atoms with Crippen molar-refractivity contribution in [3.8, 4) is 0 Å². The van der Waals surface area contributed by atoms with Crippen LogP contribution in [0.25, 0.3) is 0 Å². The van der Waals surface area contributed by atoms with Crippen molar-refractivity contribution in [1.29, 1.82) is 0 Å². The summed E-state index contributed by atoms with van der Waals surface area (Å²) in [5.74, 6) is 2.27. The number of fused-ring (bicyclic) bond motifs is 3. The fourth-order valence-electron chi connectivity index (χ4n) is 6.41. The van der Waals surface area contributed by atoms with E-state index in [1.165, 1.54) is 51.4 Å². The lowest BCUT2D eigenvalue weighted by Crippen LogP contribution is -2.50. The first-order chi connectivity index (χ1) is 13.7. The number of hydrogen-bond donors (Lipinski definition) is 2. The van der Waals surface area contributed by atoms with Gasteiger partial charge in [-0.25, -0.2) is 9.59 Å². The summed E-state index contributed by atoms with van der Waals surface area (Å²) in [6.07, 6.45) is 9.11. The zero-order valence-electron chi connectivity index (χ0n) is 18.5. The fraction of sp³-hybridized carbons (Fsp3) is 0.913. The van der Waals surface area contributed by atoms with Gasteiger partial charge in [0.2, 0.25) is 0 Å². The maximum absolute atomic E-state index is 12.5. The zero-order chi connectivity index (χ0) is 21.2. The van der Waals surface area contributed by atoms with Gasteiger partial charge in [0.15, 0.2) is 6.04 Å². The van der Waals surface area contributed by atoms with Gasteiger partial charge in [0.1, 0.15) is 0 Å². The molecule has 3 fully saturated rings. The van der Waals surface area contributed by atoms with E-state index in [1.54, 1.807) is 6.92 Å². The van der Waals surface area contributed by atoms with Gasteiger partial charge in [0.05, 0.1) is 18.3 Å². The van der Waals surface area contributed by atoms with Crippen molar-refractivity contribution in [1.82, 2.24) is 5.32 Å². The van der Waals surface area contributed by atoms with E-state index in [0.717, 1.165) is 11.8 Å². The van der Waals surface area contributed by atoms with Crippen molar-refractivity contribution in [2.45, 2.75) is 96.8 Å². The van der Waals surface area contributed by atoms with Crippen LogP contribution in [-0.2, 0) is 14.3 Å². The molecule has 166 valence electrons. The lowest BCUT2D eigenvalue weighted by atomic mass is 9.73. The highest BCUT2D eigenvalue weighted by Crippen LogP contribution is 2.57. The van der Waals surface area contributed by atoms with Crippen LogP contribution in [0.5, 0.6) is 0 Å². The molecule has 3 aliphatic carbocycles. The highest BCUT2D eigenvalue weighted by atomic mass is 16.6. The predicted octanol–water partition coefficient (Wildman–Crippen LogP) is 4.61. The van der Waals surface area contributed by atoms with Gasteiger partial charge in [0, 0.05) is 0 Å². The number of carbonyl (C=O) groups excluding carboxylic acids is 1. The van der Waals surface area contributed by atoms with E-state index in [1.807, 2.05) is 20.8 Å². The highest BCUT2D eigenvalue weighted by Gasteiger charge is 2.51. The number of amides is 1. The minimum atomic E-state index is -1.13. The van der Waals surface area contributed by atoms with Gasteiger partial charge in [-0.05, 0) is 83.0 Å². The molecular weight excluding hydrogens is 370 g/mol. The molecule has 2 N–H and O–H groups in total. The van der Waals surface area contributed by atoms with Crippen LogP contribution in [0.3, 0.4) is 0 Å². The molecule has 6 unspecified atom stereocenters. The molecule has 29 heavy (non-hydrogen) atoms. The van der Waals surface area contributed by atoms with E-state index in [9.17, 15) is 14.7 Å². The van der Waals surface area contributed by atoms with Crippen LogP contribution in [-0.4, -0.2) is 41.5 Å². The Kier molecular flexibility index (Phi) is 7.13. The average Bonchev–Trinajstić information content (AvgIpc) is 2.96. The molecule has 0 spiro atoms. The van der Waals surface area contributed by atoms with E-state index in [4.69, 9.17) is 9.47 Å². The van der Waals surface area contributed by atoms with Crippen molar-refractivity contribution in [2.24, 2.45) is 29.6 Å². The van der Waals surface area contributed by atoms with Gasteiger partial charge in [-0.1, -0.05) is 25.7 Å². The van der Waals surface area contributed by atoms with Gasteiger partial charge < -0.3 is 19.9 Å². The molecule has 3 saturated carbocycles. The first-order valence-corrected chi connectivity index (χ1v) is 11.5. The van der Waals surface area contributed by atoms with Crippen molar-refractivity contribution in [3.63, 3.8) is 0 Å². The van der Waals surface area contributed by atoms with Crippen molar-refractivity contribution in [2.75, 3.05) is 6.61 Å². The topological polar surface area (TPSA) is 84.9 Å². The molecule has 0 bridgehead atoms. The number of carboxylic acids is 1. The first-order valence-electron chi connectivity index (χ1n) is 11.5. The summed E-state index contributed by atoms with van der Waals surface area (Å²) >= 11 is 0. The molecule has 0 heterocycles. The van der Waals surface area contributed by atoms with Crippen molar-refractivity contribution < 1.29 is 24.2 Å². The molecule has 3 aliphatic rings. The molecule has 6 heteroatoms. The molecule has 0 saturated heterocycles. The largest absolute Gasteiger partial charge is 0.480 e. The summed E-state index contributed by atoms with van der Waals surface area (Å²) in [5, 5.41) is 12.0. The second-order valence-electron chi connectivity index (χ2n) is 10.4. The highest BCUT2D eigenvalue weighted by molar-refractivity contribution is 5.80. The Balaban J connectivity index is 1.58. The molecule has 1 amide bonds. The third-order valence-corrected chi connectivity index (χ3v) is 7.35. The molecule has 0 aromatic rings. The Morgan fingerprint density at radius 2 is 1.45 bits per heavy atom. The monoisotopic (exact) mass is 409 g/mol. The molecule has 0 radical (unpaired) electrons. The smallest absolute Gasteiger partial charge is 0.407 e. The summed E-state index contributed by atoms with van der Waals surface area (Å²) in [5.41, 5.74) is -0.492. The van der Waals surface area contributed by atoms with Crippen LogP contribution in [0.1, 0.15) is 79.1 Å². The minimum Gasteiger partial charge on any atom is -0.480 e. The Morgan fingerprint density at radius 3 is 1.90 bits per heavy atom. The van der Waals surface area contributed by atoms with E-state index < -0.39 is 29.8 Å². The Labute approximate surface area is 175 Å². The standard InChI is InChI=1S/C23H39NO5/c1-14(29-23(2,3)4)20(21(25)26)24-22(27)28-13-19-17-11-7-5-9-15(17)16-10-6-8-12-18(16)19/h14-20H,5-13H2,1-4H3,(H,24,27)(H,25,26). The zero-order valence-corrected chi connectivity index (χ0v) is 18.5. The molecule has 0 aliphatic heterocycles. The normalized spacial score (nSPS) is 33.9. The maximum Gasteiger partial charge on any atom is 0.407 e. The second-order valence-corrected chi connectivity index (χ2v) is 10.4. The maximum atomic E-state index is 12.5. The van der Waals surface area contributed by atoms with Crippen molar-refractivity contribution in [3.05, 3.63) is 0 Å². The summed E-state index contributed by atoms with van der Waals surface area (Å²) in [6, 6.07) is -1.13. The number of carbonyl (C=O) groups is 2. The van der Waals surface area contributed by atoms with Crippen LogP contribution in [0.15, 0.2) is 0 Å². The molecule has 3 rings (SSSR count). The van der Waals surface area contributed by atoms with Crippen LogP contribution >= 0.6 is 0 Å². The van der Waals surface area contributed by atoms with Gasteiger partial charge in [-0.2, -0.15) is 0 Å². The SMILES string of the molecule is CC(OC(C)(C)C)C(NC(=O)OCC1C2CCCCC2C2CCCCC21)C(=O)O. The summed E-state index contributed by atoms with van der Waals surface area (Å²) in [6.45, 7) is 7.67. The third kappa shape index (κ3) is 5.44. The number of aliphatic carboxylic acids is 1. The lowest BCUT2D eigenvalue weighted by Gasteiger charge is -2.32. The average molecular weight is 410 g/mol. The van der Waals surface area contributed by atoms with Crippen molar-refractivity contribution >= 4 is 12.1 Å². The third-order valence-electron chi connectivity index (χ3n) is 7.35. The van der Waals surface area contributed by atoms with Gasteiger partial charge in [-0.3, -0.25) is 0 Å². The lowest BCUT2D eigenvalue weighted by molar-refractivity contribution is -0.147. The predicted molar refractivity (Wildman–Crippen MR) is 111 cm³/mol. The molecule has 0 aromatic heterocycles. The van der Waals surface area contributed by atoms with Crippen LogP contribution < -0.4 is 5.32 Å². The quantitative estimate of drug-likeness (QED) is 0.669. The van der Waals surface area contributed by atoms with Gasteiger partial charge in [0.25, 0.3) is 0 Å². The van der Waals surface area contributed by atoms with Crippen LogP contribution in [0.2, 0.25) is 0 Å². The number of hydrogen-bond acceptors (Lipinski definition) is 4. The Hall–Kier alpha value is -1.30. The van der Waals surface area contributed by atoms with Crippen LogP contribution in [0, 0.1) is 29.6 Å². The minimum absolute atomic E-state index is 0.412. The fourth-order valence-corrected chi connectivity index (χ4v) is 6.41. The number of ether oxygens (including phenoxy) is 2. The Bertz CT molecular complexity index is 564. The number of rotatable bonds is 6. The first kappa shape index (κ1) is 22.4. The molecule has 6 atom stereocenters. The molecule has 6 nitrogen and oxygen atoms in total. The van der Waals surface area contributed by atoms with E-state index in [2.05, 4.69) is 5.32 Å². The van der Waals surface area contributed by atoms with Gasteiger partial charge >= 0.3 is 12.1 Å². The number of nitrogens with one attached hydrogen (secondary N) is 1. The molecule has 0 aromatic carbocycles.